The molecule has 2 N–H and O–H groups in total. The summed E-state index contributed by atoms with van der Waals surface area (Å²) in [5, 5.41) is 5.67. The molecule has 0 aromatic heterocycles. The fourth-order valence-electron chi connectivity index (χ4n) is 1.60. The molecule has 0 aliphatic heterocycles. The van der Waals surface area contributed by atoms with Crippen LogP contribution in [0.5, 0.6) is 5.75 Å². The summed E-state index contributed by atoms with van der Waals surface area (Å²) in [6.07, 6.45) is 0.369. The van der Waals surface area contributed by atoms with Crippen LogP contribution in [0.15, 0.2) is 24.3 Å². The first kappa shape index (κ1) is 18.6. The van der Waals surface area contributed by atoms with Crippen LogP contribution in [0, 0.1) is 0 Å². The Morgan fingerprint density at radius 2 is 2.10 bits per heavy atom. The zero-order valence-corrected chi connectivity index (χ0v) is 12.2. The van der Waals surface area contributed by atoms with E-state index in [4.69, 9.17) is 0 Å². The number of hydrogen-bond acceptors (Lipinski definition) is 3. The summed E-state index contributed by atoms with van der Waals surface area (Å²) < 4.78 is 28.5. The molecular weight excluding hydrogens is 290 g/mol. The van der Waals surface area contributed by atoms with Gasteiger partial charge in [-0.3, -0.25) is 4.79 Å². The monoisotopic (exact) mass is 308 g/mol. The third-order valence-corrected chi connectivity index (χ3v) is 2.56. The van der Waals surface area contributed by atoms with Crippen LogP contribution < -0.4 is 15.4 Å². The van der Waals surface area contributed by atoms with Crippen molar-refractivity contribution in [2.24, 2.45) is 0 Å². The average Bonchev–Trinajstić information content (AvgIpc) is 2.35. The SMILES string of the molecule is CNCCC(=O)NC(C)c1cccc(OC(F)F)c1.Cl. The summed E-state index contributed by atoms with van der Waals surface area (Å²) in [7, 11) is 1.77. The topological polar surface area (TPSA) is 50.4 Å². The van der Waals surface area contributed by atoms with Gasteiger partial charge in [-0.25, -0.2) is 0 Å². The number of halogens is 3. The van der Waals surface area contributed by atoms with Gasteiger partial charge in [0.1, 0.15) is 5.75 Å². The van der Waals surface area contributed by atoms with Crippen LogP contribution in [0.4, 0.5) is 8.78 Å². The van der Waals surface area contributed by atoms with E-state index in [0.29, 0.717) is 13.0 Å². The van der Waals surface area contributed by atoms with Crippen LogP contribution in [0.2, 0.25) is 0 Å². The van der Waals surface area contributed by atoms with E-state index >= 15 is 0 Å². The van der Waals surface area contributed by atoms with Gasteiger partial charge in [0.15, 0.2) is 0 Å². The Bertz CT molecular complexity index is 419. The van der Waals surface area contributed by atoms with Crippen LogP contribution in [-0.4, -0.2) is 26.1 Å². The molecule has 4 nitrogen and oxygen atoms in total. The second kappa shape index (κ2) is 9.50. The molecule has 0 radical (unpaired) electrons. The van der Waals surface area contributed by atoms with Crippen LogP contribution in [0.25, 0.3) is 0 Å². The predicted octanol–water partition coefficient (Wildman–Crippen LogP) is 2.50. The Hall–Kier alpha value is -1.40. The Balaban J connectivity index is 0.00000361. The third-order valence-electron chi connectivity index (χ3n) is 2.56. The van der Waals surface area contributed by atoms with E-state index in [0.717, 1.165) is 5.56 Å². The van der Waals surface area contributed by atoms with E-state index < -0.39 is 6.61 Å². The van der Waals surface area contributed by atoms with E-state index in [2.05, 4.69) is 15.4 Å². The van der Waals surface area contributed by atoms with E-state index in [1.807, 2.05) is 0 Å². The molecule has 1 rings (SSSR count). The zero-order chi connectivity index (χ0) is 14.3. The summed E-state index contributed by atoms with van der Waals surface area (Å²) >= 11 is 0. The van der Waals surface area contributed by atoms with Crippen molar-refractivity contribution in [3.63, 3.8) is 0 Å². The molecule has 1 amide bonds. The molecule has 1 unspecified atom stereocenters. The van der Waals surface area contributed by atoms with E-state index in [1.54, 1.807) is 26.1 Å². The summed E-state index contributed by atoms with van der Waals surface area (Å²) in [5.41, 5.74) is 0.718. The molecule has 0 spiro atoms. The molecule has 0 saturated heterocycles. The highest BCUT2D eigenvalue weighted by Gasteiger charge is 2.11. The highest BCUT2D eigenvalue weighted by Crippen LogP contribution is 2.20. The third kappa shape index (κ3) is 6.68. The predicted molar refractivity (Wildman–Crippen MR) is 75.4 cm³/mol. The zero-order valence-electron chi connectivity index (χ0n) is 11.4. The number of benzene rings is 1. The van der Waals surface area contributed by atoms with Gasteiger partial charge in [-0.05, 0) is 31.7 Å². The van der Waals surface area contributed by atoms with Crippen molar-refractivity contribution in [2.45, 2.75) is 26.0 Å². The highest BCUT2D eigenvalue weighted by molar-refractivity contribution is 5.85. The molecule has 0 bridgehead atoms. The van der Waals surface area contributed by atoms with Gasteiger partial charge in [-0.15, -0.1) is 12.4 Å². The van der Waals surface area contributed by atoms with Crippen molar-refractivity contribution >= 4 is 18.3 Å². The number of amides is 1. The summed E-state index contributed by atoms with van der Waals surface area (Å²) in [5.74, 6) is -0.00847. The van der Waals surface area contributed by atoms with Crippen molar-refractivity contribution in [1.82, 2.24) is 10.6 Å². The Morgan fingerprint density at radius 1 is 1.40 bits per heavy atom. The van der Waals surface area contributed by atoms with Gasteiger partial charge in [0.05, 0.1) is 6.04 Å². The average molecular weight is 309 g/mol. The summed E-state index contributed by atoms with van der Waals surface area (Å²) in [4.78, 5) is 11.5. The van der Waals surface area contributed by atoms with E-state index in [-0.39, 0.29) is 30.1 Å². The van der Waals surface area contributed by atoms with Gasteiger partial charge in [0.2, 0.25) is 5.91 Å². The second-order valence-electron chi connectivity index (χ2n) is 4.09. The van der Waals surface area contributed by atoms with E-state index in [1.165, 1.54) is 12.1 Å². The van der Waals surface area contributed by atoms with Gasteiger partial charge in [-0.2, -0.15) is 8.78 Å². The maximum Gasteiger partial charge on any atom is 0.387 e. The fourth-order valence-corrected chi connectivity index (χ4v) is 1.60. The summed E-state index contributed by atoms with van der Waals surface area (Å²) in [6, 6.07) is 6.05. The highest BCUT2D eigenvalue weighted by atomic mass is 35.5. The Morgan fingerprint density at radius 3 is 2.70 bits per heavy atom. The molecule has 7 heteroatoms. The number of rotatable bonds is 7. The van der Waals surface area contributed by atoms with Gasteiger partial charge in [0.25, 0.3) is 0 Å². The van der Waals surface area contributed by atoms with Crippen molar-refractivity contribution in [3.8, 4) is 5.75 Å². The molecule has 114 valence electrons. The molecule has 1 aromatic rings. The largest absolute Gasteiger partial charge is 0.435 e. The lowest BCUT2D eigenvalue weighted by molar-refractivity contribution is -0.121. The molecule has 0 fully saturated rings. The Kier molecular flexibility index (Phi) is 8.83. The van der Waals surface area contributed by atoms with Gasteiger partial charge < -0.3 is 15.4 Å². The van der Waals surface area contributed by atoms with Crippen molar-refractivity contribution in [3.05, 3.63) is 29.8 Å². The maximum atomic E-state index is 12.1. The number of hydrogen-bond donors (Lipinski definition) is 2. The summed E-state index contributed by atoms with van der Waals surface area (Å²) in [6.45, 7) is -0.470. The van der Waals surface area contributed by atoms with E-state index in [9.17, 15) is 13.6 Å². The van der Waals surface area contributed by atoms with Gasteiger partial charge in [-0.1, -0.05) is 12.1 Å². The van der Waals surface area contributed by atoms with Crippen molar-refractivity contribution in [1.29, 1.82) is 0 Å². The Labute approximate surface area is 123 Å². The minimum atomic E-state index is -2.85. The normalized spacial score (nSPS) is 11.7. The fraction of sp³-hybridized carbons (Fsp3) is 0.462. The first-order valence-corrected chi connectivity index (χ1v) is 6.01. The van der Waals surface area contributed by atoms with Crippen molar-refractivity contribution < 1.29 is 18.3 Å². The molecule has 1 atom stereocenters. The van der Waals surface area contributed by atoms with Crippen LogP contribution in [-0.2, 0) is 4.79 Å². The van der Waals surface area contributed by atoms with Gasteiger partial charge >= 0.3 is 6.61 Å². The lowest BCUT2D eigenvalue weighted by Gasteiger charge is -2.15. The number of carbonyl (C=O) groups excluding carboxylic acids is 1. The van der Waals surface area contributed by atoms with Crippen LogP contribution in [0.1, 0.15) is 24.9 Å². The molecule has 0 saturated carbocycles. The smallest absolute Gasteiger partial charge is 0.387 e. The van der Waals surface area contributed by atoms with Crippen molar-refractivity contribution in [2.75, 3.05) is 13.6 Å². The molecule has 0 aliphatic rings. The molecule has 0 aliphatic carbocycles. The first-order chi connectivity index (χ1) is 9.02. The quantitative estimate of drug-likeness (QED) is 0.814. The molecule has 1 aromatic carbocycles. The minimum Gasteiger partial charge on any atom is -0.435 e. The maximum absolute atomic E-state index is 12.1. The number of carbonyl (C=O) groups is 1. The van der Waals surface area contributed by atoms with Gasteiger partial charge in [0, 0.05) is 13.0 Å². The standard InChI is InChI=1S/C13H18F2N2O2.ClH/c1-9(17-12(18)6-7-16-2)10-4-3-5-11(8-10)19-13(14)15;/h3-5,8-9,13,16H,6-7H2,1-2H3,(H,17,18);1H. The lowest BCUT2D eigenvalue weighted by atomic mass is 10.1. The second-order valence-corrected chi connectivity index (χ2v) is 4.09. The minimum absolute atomic E-state index is 0. The first-order valence-electron chi connectivity index (χ1n) is 6.01. The van der Waals surface area contributed by atoms with Crippen LogP contribution in [0.3, 0.4) is 0 Å². The number of alkyl halides is 2. The molecular formula is C13H19ClF2N2O2. The van der Waals surface area contributed by atoms with Crippen LogP contribution >= 0.6 is 12.4 Å². The lowest BCUT2D eigenvalue weighted by Crippen LogP contribution is -2.29. The molecule has 0 heterocycles. The number of ether oxygens (including phenoxy) is 1. The number of nitrogens with one attached hydrogen (secondary N) is 2. The molecule has 20 heavy (non-hydrogen) atoms.